The lowest BCUT2D eigenvalue weighted by molar-refractivity contribution is 0.0662. The van der Waals surface area contributed by atoms with Crippen LogP contribution in [-0.4, -0.2) is 42.0 Å². The summed E-state index contributed by atoms with van der Waals surface area (Å²) in [5.74, 6) is 3.59. The van der Waals surface area contributed by atoms with E-state index >= 15 is 0 Å². The first-order valence-electron chi connectivity index (χ1n) is 12.3. The molecule has 0 aromatic heterocycles. The third-order valence-electron chi connectivity index (χ3n) is 8.13. The summed E-state index contributed by atoms with van der Waals surface area (Å²) in [4.78, 5) is 4.71. The van der Waals surface area contributed by atoms with Crippen LogP contribution in [0.2, 0.25) is 0 Å². The lowest BCUT2D eigenvalue weighted by Crippen LogP contribution is -2.52. The lowest BCUT2D eigenvalue weighted by atomic mass is 9.61. The van der Waals surface area contributed by atoms with Gasteiger partial charge in [-0.3, -0.25) is 0 Å². The van der Waals surface area contributed by atoms with Crippen LogP contribution in [0.25, 0.3) is 0 Å². The molecule has 0 amide bonds. The van der Waals surface area contributed by atoms with Crippen LogP contribution in [0.1, 0.15) is 65.7 Å². The average molecular weight is 412 g/mol. The Labute approximate surface area is 186 Å². The van der Waals surface area contributed by atoms with Gasteiger partial charge in [-0.2, -0.15) is 0 Å². The molecule has 0 spiro atoms. The molecule has 2 atom stereocenters. The van der Waals surface area contributed by atoms with E-state index in [0.717, 1.165) is 50.1 Å². The third kappa shape index (κ3) is 4.88. The fourth-order valence-electron chi connectivity index (χ4n) is 6.14. The average Bonchev–Trinajstić information content (AvgIpc) is 2.75. The summed E-state index contributed by atoms with van der Waals surface area (Å²) in [6.07, 6.45) is 18.0. The van der Waals surface area contributed by atoms with Crippen molar-refractivity contribution in [1.82, 2.24) is 15.1 Å². The summed E-state index contributed by atoms with van der Waals surface area (Å²) < 4.78 is 0. The van der Waals surface area contributed by atoms with Crippen LogP contribution in [0.15, 0.2) is 49.0 Å². The molecular weight excluding hydrogens is 366 g/mol. The van der Waals surface area contributed by atoms with Gasteiger partial charge in [0.05, 0.1) is 5.54 Å². The van der Waals surface area contributed by atoms with Crippen LogP contribution in [0.5, 0.6) is 0 Å². The van der Waals surface area contributed by atoms with Crippen LogP contribution in [0, 0.1) is 23.7 Å². The second-order valence-corrected chi connectivity index (χ2v) is 10.1. The summed E-state index contributed by atoms with van der Waals surface area (Å²) in [7, 11) is 2.18. The molecule has 0 aliphatic heterocycles. The zero-order valence-corrected chi connectivity index (χ0v) is 20.0. The number of hydrogen-bond acceptors (Lipinski definition) is 3. The maximum absolute atomic E-state index is 4.63. The van der Waals surface area contributed by atoms with Crippen LogP contribution < -0.4 is 5.32 Å². The number of allylic oxidation sites excluding steroid dienone is 3. The largest absolute Gasteiger partial charge is 0.367 e. The Kier molecular flexibility index (Phi) is 7.90. The molecule has 3 saturated carbocycles. The van der Waals surface area contributed by atoms with E-state index in [-0.39, 0.29) is 5.54 Å². The highest BCUT2D eigenvalue weighted by molar-refractivity contribution is 5.30. The van der Waals surface area contributed by atoms with Crippen molar-refractivity contribution in [2.45, 2.75) is 71.3 Å². The minimum atomic E-state index is -0.106. The quantitative estimate of drug-likeness (QED) is 0.401. The van der Waals surface area contributed by atoms with Gasteiger partial charge in [0, 0.05) is 25.0 Å². The van der Waals surface area contributed by atoms with Gasteiger partial charge in [0.25, 0.3) is 0 Å². The van der Waals surface area contributed by atoms with Crippen molar-refractivity contribution in [3.63, 3.8) is 0 Å². The van der Waals surface area contributed by atoms with Crippen LogP contribution in [0.3, 0.4) is 0 Å². The zero-order chi connectivity index (χ0) is 21.7. The lowest BCUT2D eigenvalue weighted by Gasteiger charge is -2.48. The molecule has 0 aromatic rings. The van der Waals surface area contributed by atoms with E-state index in [1.165, 1.54) is 43.6 Å². The highest BCUT2D eigenvalue weighted by Gasteiger charge is 2.39. The van der Waals surface area contributed by atoms with Crippen LogP contribution >= 0.6 is 0 Å². The molecule has 4 aliphatic carbocycles. The van der Waals surface area contributed by atoms with Gasteiger partial charge < -0.3 is 15.1 Å². The maximum Gasteiger partial charge on any atom is 0.0801 e. The maximum atomic E-state index is 4.63. The molecule has 2 unspecified atom stereocenters. The molecule has 3 fully saturated rings. The number of likely N-dealkylation sites (N-methyl/N-ethyl adjacent to an activating group) is 2. The SMILES string of the molecule is C=CN(CC)C(CC)(CCNCC1CC2CC(C1)C2)C(=C)N(C)C1=CCC(C)C=C1. The molecule has 1 N–H and O–H groups in total. The first kappa shape index (κ1) is 23.2. The summed E-state index contributed by atoms with van der Waals surface area (Å²) >= 11 is 0. The molecule has 3 heteroatoms. The number of nitrogens with one attached hydrogen (secondary N) is 1. The Morgan fingerprint density at radius 3 is 2.47 bits per heavy atom. The van der Waals surface area contributed by atoms with E-state index in [1.807, 2.05) is 6.20 Å². The third-order valence-corrected chi connectivity index (χ3v) is 8.13. The number of hydrogen-bond donors (Lipinski definition) is 1. The van der Waals surface area contributed by atoms with Gasteiger partial charge in [-0.15, -0.1) is 0 Å². The van der Waals surface area contributed by atoms with Gasteiger partial charge >= 0.3 is 0 Å². The van der Waals surface area contributed by atoms with E-state index in [4.69, 9.17) is 0 Å². The highest BCUT2D eigenvalue weighted by Crippen LogP contribution is 2.47. The molecule has 0 radical (unpaired) electrons. The standard InChI is InChI=1S/C27H45N3/c1-7-27(30(8-2)9-3,22(5)29(6)26-12-10-21(4)11-13-26)14-15-28-20-25-18-23-16-24(17-23)19-25/h8,10,12-13,21,23-25,28H,2,5,7,9,11,14-20H2,1,3-4,6H3. The van der Waals surface area contributed by atoms with Gasteiger partial charge in [0.15, 0.2) is 0 Å². The Bertz CT molecular complexity index is 647. The Morgan fingerprint density at radius 1 is 1.23 bits per heavy atom. The predicted octanol–water partition coefficient (Wildman–Crippen LogP) is 5.94. The number of fused-ring (bicyclic) bond motifs is 2. The Morgan fingerprint density at radius 2 is 1.93 bits per heavy atom. The number of rotatable bonds is 12. The molecule has 168 valence electrons. The van der Waals surface area contributed by atoms with Gasteiger partial charge in [0.2, 0.25) is 0 Å². The van der Waals surface area contributed by atoms with Crippen LogP contribution in [-0.2, 0) is 0 Å². The molecule has 2 bridgehead atoms. The molecule has 30 heavy (non-hydrogen) atoms. The van der Waals surface area contributed by atoms with Crippen molar-refractivity contribution in [2.75, 3.05) is 26.7 Å². The molecule has 4 rings (SSSR count). The van der Waals surface area contributed by atoms with Gasteiger partial charge in [0.1, 0.15) is 0 Å². The van der Waals surface area contributed by atoms with E-state index in [0.29, 0.717) is 5.92 Å². The molecule has 0 saturated heterocycles. The topological polar surface area (TPSA) is 18.5 Å². The molecule has 0 aromatic carbocycles. The van der Waals surface area contributed by atoms with Crippen molar-refractivity contribution >= 4 is 0 Å². The summed E-state index contributed by atoms with van der Waals surface area (Å²) in [5, 5.41) is 3.82. The Hall–Kier alpha value is -1.48. The first-order valence-corrected chi connectivity index (χ1v) is 12.3. The van der Waals surface area contributed by atoms with Gasteiger partial charge in [-0.05, 0) is 101 Å². The number of nitrogens with zero attached hydrogens (tertiary/aromatic N) is 2. The second-order valence-electron chi connectivity index (χ2n) is 10.1. The fourth-order valence-corrected chi connectivity index (χ4v) is 6.14. The van der Waals surface area contributed by atoms with Crippen molar-refractivity contribution in [3.05, 3.63) is 49.0 Å². The minimum Gasteiger partial charge on any atom is -0.367 e. The molecular formula is C27H45N3. The van der Waals surface area contributed by atoms with Crippen molar-refractivity contribution in [3.8, 4) is 0 Å². The second kappa shape index (κ2) is 10.2. The van der Waals surface area contributed by atoms with E-state index in [1.54, 1.807) is 0 Å². The monoisotopic (exact) mass is 411 g/mol. The fraction of sp³-hybridized carbons (Fsp3) is 0.704. The molecule has 0 heterocycles. The Balaban J connectivity index is 1.64. The first-order chi connectivity index (χ1) is 14.4. The van der Waals surface area contributed by atoms with E-state index < -0.39 is 0 Å². The van der Waals surface area contributed by atoms with Crippen molar-refractivity contribution in [2.24, 2.45) is 23.7 Å². The van der Waals surface area contributed by atoms with Crippen molar-refractivity contribution in [1.29, 1.82) is 0 Å². The van der Waals surface area contributed by atoms with Gasteiger partial charge in [-0.25, -0.2) is 0 Å². The van der Waals surface area contributed by atoms with Crippen molar-refractivity contribution < 1.29 is 0 Å². The van der Waals surface area contributed by atoms with E-state index in [9.17, 15) is 0 Å². The summed E-state index contributed by atoms with van der Waals surface area (Å²) in [5.41, 5.74) is 2.34. The minimum absolute atomic E-state index is 0.106. The molecule has 4 aliphatic rings. The predicted molar refractivity (Wildman–Crippen MR) is 130 cm³/mol. The zero-order valence-electron chi connectivity index (χ0n) is 20.0. The smallest absolute Gasteiger partial charge is 0.0801 e. The highest BCUT2D eigenvalue weighted by atomic mass is 15.3. The summed E-state index contributed by atoms with van der Waals surface area (Å²) in [6.45, 7) is 18.7. The summed E-state index contributed by atoms with van der Waals surface area (Å²) in [6, 6.07) is 0. The van der Waals surface area contributed by atoms with Gasteiger partial charge in [-0.1, -0.05) is 39.2 Å². The molecule has 3 nitrogen and oxygen atoms in total. The van der Waals surface area contributed by atoms with Crippen LogP contribution in [0.4, 0.5) is 0 Å². The van der Waals surface area contributed by atoms with E-state index in [2.05, 4.69) is 74.3 Å². The normalized spacial score (nSPS) is 29.4.